The fourth-order valence-electron chi connectivity index (χ4n) is 3.03. The third-order valence-electron chi connectivity index (χ3n) is 3.93. The van der Waals surface area contributed by atoms with E-state index in [2.05, 4.69) is 31.3 Å². The largest absolute Gasteiger partial charge is 0.378 e. The number of nitrogens with one attached hydrogen (secondary N) is 1. The van der Waals surface area contributed by atoms with Gasteiger partial charge in [-0.05, 0) is 50.3 Å². The molecule has 3 heteroatoms. The second kappa shape index (κ2) is 8.02. The van der Waals surface area contributed by atoms with Gasteiger partial charge in [-0.1, -0.05) is 37.1 Å². The van der Waals surface area contributed by atoms with Gasteiger partial charge in [0, 0.05) is 23.7 Å². The molecule has 1 fully saturated rings. The standard InChI is InChI=1S/C17H26ClNO/c1-3-5-17-12-16(8-9-20-17)19-13(2)10-14-6-4-7-15(18)11-14/h4,6-7,11,13,16-17,19H,3,5,8-10,12H2,1-2H3. The first-order valence-electron chi connectivity index (χ1n) is 7.79. The summed E-state index contributed by atoms with van der Waals surface area (Å²) in [6, 6.07) is 9.22. The van der Waals surface area contributed by atoms with E-state index >= 15 is 0 Å². The van der Waals surface area contributed by atoms with Gasteiger partial charge in [-0.25, -0.2) is 0 Å². The van der Waals surface area contributed by atoms with E-state index in [1.54, 1.807) is 0 Å². The van der Waals surface area contributed by atoms with Crippen molar-refractivity contribution in [3.63, 3.8) is 0 Å². The molecule has 0 spiro atoms. The van der Waals surface area contributed by atoms with Crippen molar-refractivity contribution in [3.8, 4) is 0 Å². The van der Waals surface area contributed by atoms with E-state index in [0.29, 0.717) is 18.2 Å². The monoisotopic (exact) mass is 295 g/mol. The van der Waals surface area contributed by atoms with Gasteiger partial charge in [0.2, 0.25) is 0 Å². The van der Waals surface area contributed by atoms with E-state index in [9.17, 15) is 0 Å². The highest BCUT2D eigenvalue weighted by Crippen LogP contribution is 2.19. The van der Waals surface area contributed by atoms with Gasteiger partial charge < -0.3 is 10.1 Å². The SMILES string of the molecule is CCCC1CC(NC(C)Cc2cccc(Cl)c2)CCO1. The number of hydrogen-bond acceptors (Lipinski definition) is 2. The van der Waals surface area contributed by atoms with Gasteiger partial charge in [-0.3, -0.25) is 0 Å². The van der Waals surface area contributed by atoms with E-state index in [1.165, 1.54) is 18.4 Å². The van der Waals surface area contributed by atoms with Crippen LogP contribution in [0.4, 0.5) is 0 Å². The fourth-order valence-corrected chi connectivity index (χ4v) is 3.25. The second-order valence-corrected chi connectivity index (χ2v) is 6.34. The Bertz CT molecular complexity index is 408. The van der Waals surface area contributed by atoms with Crippen LogP contribution in [0.5, 0.6) is 0 Å². The molecule has 112 valence electrons. The summed E-state index contributed by atoms with van der Waals surface area (Å²) in [7, 11) is 0. The smallest absolute Gasteiger partial charge is 0.0589 e. The van der Waals surface area contributed by atoms with Crippen LogP contribution in [0.25, 0.3) is 0 Å². The fraction of sp³-hybridized carbons (Fsp3) is 0.647. The first-order chi connectivity index (χ1) is 9.67. The van der Waals surface area contributed by atoms with Crippen LogP contribution in [0, 0.1) is 0 Å². The molecule has 1 aromatic carbocycles. The third kappa shape index (κ3) is 5.08. The van der Waals surface area contributed by atoms with Gasteiger partial charge in [0.15, 0.2) is 0 Å². The summed E-state index contributed by atoms with van der Waals surface area (Å²) < 4.78 is 5.81. The number of benzene rings is 1. The van der Waals surface area contributed by atoms with Crippen LogP contribution in [0.1, 0.15) is 45.1 Å². The molecule has 3 atom stereocenters. The minimum atomic E-state index is 0.449. The van der Waals surface area contributed by atoms with E-state index in [0.717, 1.165) is 30.9 Å². The van der Waals surface area contributed by atoms with E-state index in [-0.39, 0.29) is 0 Å². The maximum Gasteiger partial charge on any atom is 0.0589 e. The Morgan fingerprint density at radius 1 is 1.45 bits per heavy atom. The molecule has 2 rings (SSSR count). The number of ether oxygens (including phenoxy) is 1. The van der Waals surface area contributed by atoms with Crippen LogP contribution in [0.15, 0.2) is 24.3 Å². The highest BCUT2D eigenvalue weighted by Gasteiger charge is 2.22. The number of halogens is 1. The van der Waals surface area contributed by atoms with Crippen LogP contribution in [0.3, 0.4) is 0 Å². The minimum absolute atomic E-state index is 0.449. The maximum atomic E-state index is 6.04. The van der Waals surface area contributed by atoms with Gasteiger partial charge in [-0.2, -0.15) is 0 Å². The van der Waals surface area contributed by atoms with Crippen molar-refractivity contribution in [1.82, 2.24) is 5.32 Å². The average Bonchev–Trinajstić information content (AvgIpc) is 2.39. The van der Waals surface area contributed by atoms with Gasteiger partial charge in [0.05, 0.1) is 6.10 Å². The van der Waals surface area contributed by atoms with Crippen molar-refractivity contribution in [2.45, 2.75) is 64.1 Å². The molecule has 0 bridgehead atoms. The molecule has 0 saturated carbocycles. The predicted octanol–water partition coefficient (Wildman–Crippen LogP) is 4.21. The molecule has 0 aliphatic carbocycles. The van der Waals surface area contributed by atoms with Gasteiger partial charge >= 0.3 is 0 Å². The van der Waals surface area contributed by atoms with Crippen molar-refractivity contribution in [3.05, 3.63) is 34.9 Å². The highest BCUT2D eigenvalue weighted by atomic mass is 35.5. The van der Waals surface area contributed by atoms with Crippen LogP contribution < -0.4 is 5.32 Å². The van der Waals surface area contributed by atoms with Crippen molar-refractivity contribution in [1.29, 1.82) is 0 Å². The van der Waals surface area contributed by atoms with Gasteiger partial charge in [-0.15, -0.1) is 0 Å². The predicted molar refractivity (Wildman–Crippen MR) is 85.4 cm³/mol. The molecule has 20 heavy (non-hydrogen) atoms. The first kappa shape index (κ1) is 15.8. The molecule has 0 amide bonds. The molecule has 2 nitrogen and oxygen atoms in total. The zero-order chi connectivity index (χ0) is 14.4. The van der Waals surface area contributed by atoms with Crippen LogP contribution in [-0.2, 0) is 11.2 Å². The quantitative estimate of drug-likeness (QED) is 0.849. The summed E-state index contributed by atoms with van der Waals surface area (Å²) in [5.74, 6) is 0. The lowest BCUT2D eigenvalue weighted by molar-refractivity contribution is -0.00465. The first-order valence-corrected chi connectivity index (χ1v) is 8.17. The molecule has 0 radical (unpaired) electrons. The molecule has 0 aromatic heterocycles. The Morgan fingerprint density at radius 3 is 3.05 bits per heavy atom. The lowest BCUT2D eigenvalue weighted by Gasteiger charge is -2.32. The van der Waals surface area contributed by atoms with Crippen molar-refractivity contribution in [2.24, 2.45) is 0 Å². The summed E-state index contributed by atoms with van der Waals surface area (Å²) >= 11 is 6.04. The highest BCUT2D eigenvalue weighted by molar-refractivity contribution is 6.30. The van der Waals surface area contributed by atoms with E-state index < -0.39 is 0 Å². The van der Waals surface area contributed by atoms with Crippen LogP contribution in [-0.4, -0.2) is 24.8 Å². The molecule has 1 aliphatic heterocycles. The summed E-state index contributed by atoms with van der Waals surface area (Å²) in [5, 5.41) is 4.58. The van der Waals surface area contributed by atoms with Crippen LogP contribution in [0.2, 0.25) is 5.02 Å². The Kier molecular flexibility index (Phi) is 6.34. The minimum Gasteiger partial charge on any atom is -0.378 e. The average molecular weight is 296 g/mol. The molecule has 1 aliphatic rings. The van der Waals surface area contributed by atoms with Gasteiger partial charge in [0.1, 0.15) is 0 Å². The van der Waals surface area contributed by atoms with Crippen molar-refractivity contribution in [2.75, 3.05) is 6.61 Å². The molecule has 1 N–H and O–H groups in total. The molecular formula is C17H26ClNO. The number of hydrogen-bond donors (Lipinski definition) is 1. The summed E-state index contributed by atoms with van der Waals surface area (Å²) in [6.45, 7) is 5.37. The third-order valence-corrected chi connectivity index (χ3v) is 4.16. The topological polar surface area (TPSA) is 21.3 Å². The Hall–Kier alpha value is -0.570. The zero-order valence-electron chi connectivity index (χ0n) is 12.6. The molecule has 1 heterocycles. The zero-order valence-corrected chi connectivity index (χ0v) is 13.3. The molecular weight excluding hydrogens is 270 g/mol. The lowest BCUT2D eigenvalue weighted by Crippen LogP contribution is -2.43. The summed E-state index contributed by atoms with van der Waals surface area (Å²) in [4.78, 5) is 0. The van der Waals surface area contributed by atoms with E-state index in [1.807, 2.05) is 12.1 Å². The Morgan fingerprint density at radius 2 is 2.30 bits per heavy atom. The molecule has 3 unspecified atom stereocenters. The Labute approximate surface area is 127 Å². The van der Waals surface area contributed by atoms with E-state index in [4.69, 9.17) is 16.3 Å². The Balaban J connectivity index is 1.80. The van der Waals surface area contributed by atoms with Crippen molar-refractivity contribution >= 4 is 11.6 Å². The second-order valence-electron chi connectivity index (χ2n) is 5.90. The van der Waals surface area contributed by atoms with Crippen molar-refractivity contribution < 1.29 is 4.74 Å². The molecule has 1 saturated heterocycles. The summed E-state index contributed by atoms with van der Waals surface area (Å²) in [5.41, 5.74) is 1.30. The molecule has 1 aromatic rings. The maximum absolute atomic E-state index is 6.04. The van der Waals surface area contributed by atoms with Gasteiger partial charge in [0.25, 0.3) is 0 Å². The lowest BCUT2D eigenvalue weighted by atomic mass is 9.98. The summed E-state index contributed by atoms with van der Waals surface area (Å²) in [6.07, 6.45) is 6.13. The normalized spacial score (nSPS) is 24.6. The van der Waals surface area contributed by atoms with Crippen LogP contribution >= 0.6 is 11.6 Å². The number of rotatable bonds is 6.